The van der Waals surface area contributed by atoms with Gasteiger partial charge in [-0.05, 0) is 29.8 Å². The summed E-state index contributed by atoms with van der Waals surface area (Å²) in [7, 11) is 4.59. The number of carbonyl (C=O) groups is 1. The van der Waals surface area contributed by atoms with Crippen LogP contribution in [-0.4, -0.2) is 32.2 Å². The molecule has 0 radical (unpaired) electrons. The van der Waals surface area contributed by atoms with E-state index in [4.69, 9.17) is 19.2 Å². The minimum Gasteiger partial charge on any atom is -0.493 e. The summed E-state index contributed by atoms with van der Waals surface area (Å²) in [5.41, 5.74) is 2.28. The molecule has 0 saturated carbocycles. The summed E-state index contributed by atoms with van der Waals surface area (Å²) in [6.07, 6.45) is 0. The SMILES string of the molecule is COc1cc(C(=O)N(Cc2ccccc2)c2nc3ccccc3s2)cc(OC)c1OC. The zero-order valence-corrected chi connectivity index (χ0v) is 18.3. The number of carbonyl (C=O) groups excluding carboxylic acids is 1. The van der Waals surface area contributed by atoms with E-state index in [1.165, 1.54) is 32.7 Å². The zero-order chi connectivity index (χ0) is 21.8. The number of hydrogen-bond acceptors (Lipinski definition) is 6. The lowest BCUT2D eigenvalue weighted by Gasteiger charge is -2.21. The summed E-state index contributed by atoms with van der Waals surface area (Å²) in [6, 6.07) is 21.0. The van der Waals surface area contributed by atoms with Crippen molar-refractivity contribution < 1.29 is 19.0 Å². The number of methoxy groups -OCH3 is 3. The molecule has 3 aromatic carbocycles. The standard InChI is InChI=1S/C24H22N2O4S/c1-28-19-13-17(14-20(29-2)22(19)30-3)23(27)26(15-16-9-5-4-6-10-16)24-25-18-11-7-8-12-21(18)31-24/h4-14H,15H2,1-3H3. The van der Waals surface area contributed by atoms with Crippen molar-refractivity contribution in [2.45, 2.75) is 6.54 Å². The average Bonchev–Trinajstić information content (AvgIpc) is 3.25. The van der Waals surface area contributed by atoms with Gasteiger partial charge in [-0.1, -0.05) is 53.8 Å². The first-order chi connectivity index (χ1) is 15.1. The first-order valence-corrected chi connectivity index (χ1v) is 10.5. The van der Waals surface area contributed by atoms with E-state index in [2.05, 4.69) is 0 Å². The first-order valence-electron chi connectivity index (χ1n) is 9.66. The molecule has 0 aliphatic heterocycles. The number of thiazole rings is 1. The molecule has 0 aliphatic carbocycles. The summed E-state index contributed by atoms with van der Waals surface area (Å²) in [5.74, 6) is 1.08. The van der Waals surface area contributed by atoms with E-state index in [9.17, 15) is 4.79 Å². The molecule has 0 saturated heterocycles. The molecule has 1 aromatic heterocycles. The zero-order valence-electron chi connectivity index (χ0n) is 17.5. The maximum atomic E-state index is 13.7. The van der Waals surface area contributed by atoms with Crippen LogP contribution in [-0.2, 0) is 6.54 Å². The second kappa shape index (κ2) is 9.06. The second-order valence-electron chi connectivity index (χ2n) is 6.76. The highest BCUT2D eigenvalue weighted by atomic mass is 32.1. The van der Waals surface area contributed by atoms with Crippen LogP contribution in [0.2, 0.25) is 0 Å². The Morgan fingerprint density at radius 1 is 0.903 bits per heavy atom. The number of benzene rings is 3. The van der Waals surface area contributed by atoms with E-state index in [1.807, 2.05) is 54.6 Å². The van der Waals surface area contributed by atoms with Gasteiger partial charge in [-0.2, -0.15) is 0 Å². The van der Waals surface area contributed by atoms with Crippen LogP contribution in [0, 0.1) is 0 Å². The summed E-state index contributed by atoms with van der Waals surface area (Å²) >= 11 is 1.48. The molecule has 6 nitrogen and oxygen atoms in total. The molecule has 7 heteroatoms. The molecule has 0 fully saturated rings. The predicted octanol–water partition coefficient (Wildman–Crippen LogP) is 5.17. The van der Waals surface area contributed by atoms with Crippen LogP contribution < -0.4 is 19.1 Å². The molecule has 4 aromatic rings. The molecule has 158 valence electrons. The fourth-order valence-electron chi connectivity index (χ4n) is 3.33. The normalized spacial score (nSPS) is 10.7. The quantitative estimate of drug-likeness (QED) is 0.402. The number of fused-ring (bicyclic) bond motifs is 1. The summed E-state index contributed by atoms with van der Waals surface area (Å²) in [5, 5.41) is 0.629. The summed E-state index contributed by atoms with van der Waals surface area (Å²) in [6.45, 7) is 0.385. The highest BCUT2D eigenvalue weighted by molar-refractivity contribution is 7.22. The van der Waals surface area contributed by atoms with Crippen molar-refractivity contribution in [1.29, 1.82) is 0 Å². The van der Waals surface area contributed by atoms with Gasteiger partial charge in [-0.25, -0.2) is 4.98 Å². The fraction of sp³-hybridized carbons (Fsp3) is 0.167. The molecule has 4 rings (SSSR count). The molecule has 0 atom stereocenters. The molecule has 0 bridgehead atoms. The lowest BCUT2D eigenvalue weighted by atomic mass is 10.1. The topological polar surface area (TPSA) is 60.9 Å². The van der Waals surface area contributed by atoms with Gasteiger partial charge < -0.3 is 14.2 Å². The van der Waals surface area contributed by atoms with Gasteiger partial charge in [0, 0.05) is 5.56 Å². The van der Waals surface area contributed by atoms with Gasteiger partial charge in [0.1, 0.15) is 0 Å². The van der Waals surface area contributed by atoms with Gasteiger partial charge in [-0.3, -0.25) is 9.69 Å². The Balaban J connectivity index is 1.80. The molecule has 1 amide bonds. The van der Waals surface area contributed by atoms with Crippen LogP contribution >= 0.6 is 11.3 Å². The minimum absolute atomic E-state index is 0.206. The van der Waals surface area contributed by atoms with Crippen molar-refractivity contribution in [3.8, 4) is 17.2 Å². The molecule has 0 unspecified atom stereocenters. The van der Waals surface area contributed by atoms with Crippen LogP contribution in [0.25, 0.3) is 10.2 Å². The molecule has 1 heterocycles. The van der Waals surface area contributed by atoms with Crippen LogP contribution in [0.1, 0.15) is 15.9 Å². The fourth-order valence-corrected chi connectivity index (χ4v) is 4.29. The molecular weight excluding hydrogens is 412 g/mol. The third kappa shape index (κ3) is 4.18. The Morgan fingerprint density at radius 2 is 1.55 bits per heavy atom. The van der Waals surface area contributed by atoms with Gasteiger partial charge in [-0.15, -0.1) is 0 Å². The Kier molecular flexibility index (Phi) is 6.04. The Hall–Kier alpha value is -3.58. The maximum Gasteiger partial charge on any atom is 0.260 e. The monoisotopic (exact) mass is 434 g/mol. The van der Waals surface area contributed by atoms with Crippen LogP contribution in [0.5, 0.6) is 17.2 Å². The number of aromatic nitrogens is 1. The van der Waals surface area contributed by atoms with Gasteiger partial charge in [0.05, 0.1) is 38.1 Å². The summed E-state index contributed by atoms with van der Waals surface area (Å²) < 4.78 is 17.3. The van der Waals surface area contributed by atoms with Crippen molar-refractivity contribution in [2.75, 3.05) is 26.2 Å². The second-order valence-corrected chi connectivity index (χ2v) is 7.76. The Morgan fingerprint density at radius 3 is 2.16 bits per heavy atom. The molecule has 0 aliphatic rings. The predicted molar refractivity (Wildman–Crippen MR) is 123 cm³/mol. The van der Waals surface area contributed by atoms with E-state index in [0.29, 0.717) is 34.5 Å². The first kappa shape index (κ1) is 20.7. The van der Waals surface area contributed by atoms with Gasteiger partial charge in [0.25, 0.3) is 5.91 Å². The number of anilines is 1. The van der Waals surface area contributed by atoms with Crippen LogP contribution in [0.3, 0.4) is 0 Å². The van der Waals surface area contributed by atoms with E-state index in [1.54, 1.807) is 17.0 Å². The number of nitrogens with zero attached hydrogens (tertiary/aromatic N) is 2. The minimum atomic E-state index is -0.206. The summed E-state index contributed by atoms with van der Waals surface area (Å²) in [4.78, 5) is 20.1. The highest BCUT2D eigenvalue weighted by Crippen LogP contribution is 2.39. The van der Waals surface area contributed by atoms with Crippen molar-refractivity contribution in [2.24, 2.45) is 0 Å². The third-order valence-electron chi connectivity index (χ3n) is 4.85. The van der Waals surface area contributed by atoms with E-state index < -0.39 is 0 Å². The van der Waals surface area contributed by atoms with E-state index in [0.717, 1.165) is 15.8 Å². The lowest BCUT2D eigenvalue weighted by molar-refractivity contribution is 0.0984. The largest absolute Gasteiger partial charge is 0.493 e. The Bertz CT molecular complexity index is 1150. The number of amides is 1. The number of ether oxygens (including phenoxy) is 3. The highest BCUT2D eigenvalue weighted by Gasteiger charge is 2.25. The lowest BCUT2D eigenvalue weighted by Crippen LogP contribution is -2.30. The molecule has 31 heavy (non-hydrogen) atoms. The van der Waals surface area contributed by atoms with Crippen LogP contribution in [0.15, 0.2) is 66.7 Å². The molecule has 0 spiro atoms. The van der Waals surface area contributed by atoms with Crippen LogP contribution in [0.4, 0.5) is 5.13 Å². The van der Waals surface area contributed by atoms with Gasteiger partial charge in [0.15, 0.2) is 16.6 Å². The number of hydrogen-bond donors (Lipinski definition) is 0. The molecular formula is C24H22N2O4S. The third-order valence-corrected chi connectivity index (χ3v) is 5.91. The molecule has 0 N–H and O–H groups in total. The van der Waals surface area contributed by atoms with E-state index >= 15 is 0 Å². The van der Waals surface area contributed by atoms with E-state index in [-0.39, 0.29) is 5.91 Å². The van der Waals surface area contributed by atoms with Crippen molar-refractivity contribution in [3.63, 3.8) is 0 Å². The smallest absolute Gasteiger partial charge is 0.260 e. The van der Waals surface area contributed by atoms with Gasteiger partial charge >= 0.3 is 0 Å². The maximum absolute atomic E-state index is 13.7. The Labute approximate surface area is 184 Å². The van der Waals surface area contributed by atoms with Crippen molar-refractivity contribution >= 4 is 32.6 Å². The average molecular weight is 435 g/mol. The number of rotatable bonds is 7. The van der Waals surface area contributed by atoms with Gasteiger partial charge in [0.2, 0.25) is 5.75 Å². The number of para-hydroxylation sites is 1. The van der Waals surface area contributed by atoms with Crippen molar-refractivity contribution in [3.05, 3.63) is 77.9 Å². The van der Waals surface area contributed by atoms with Crippen molar-refractivity contribution in [1.82, 2.24) is 4.98 Å².